The lowest BCUT2D eigenvalue weighted by Crippen LogP contribution is -2.19. The highest BCUT2D eigenvalue weighted by Crippen LogP contribution is 2.35. The van der Waals surface area contributed by atoms with Gasteiger partial charge in [-0.05, 0) is 4.92 Å². The van der Waals surface area contributed by atoms with E-state index in [1.54, 1.807) is 4.98 Å². The van der Waals surface area contributed by atoms with Gasteiger partial charge in [0.05, 0.1) is 26.9 Å². The van der Waals surface area contributed by atoms with E-state index in [2.05, 4.69) is 5.10 Å². The van der Waals surface area contributed by atoms with Gasteiger partial charge in [-0.1, -0.05) is 4.68 Å². The topological polar surface area (TPSA) is 223 Å². The summed E-state index contributed by atoms with van der Waals surface area (Å²) in [6.07, 6.45) is 0. The van der Waals surface area contributed by atoms with Crippen molar-refractivity contribution in [2.45, 2.75) is 0 Å². The molecule has 0 aliphatic heterocycles. The van der Waals surface area contributed by atoms with Gasteiger partial charge in [-0.3, -0.25) is 30.3 Å². The quantitative estimate of drug-likeness (QED) is 0.573. The van der Waals surface area contributed by atoms with Crippen molar-refractivity contribution in [3.05, 3.63) is 63.1 Å². The molecular weight excluding hydrogens is 338 g/mol. The van der Waals surface area contributed by atoms with E-state index in [0.717, 1.165) is 0 Å². The Labute approximate surface area is 127 Å². The number of benzene rings is 1. The summed E-state index contributed by atoms with van der Waals surface area (Å²) in [5.74, 6) is -1.12. The Morgan fingerprint density at radius 3 is 1.71 bits per heavy atom. The zero-order valence-corrected chi connectivity index (χ0v) is 11.0. The minimum Gasteiger partial charge on any atom is -0.390 e. The minimum atomic E-state index is -1.37. The minimum absolute atomic E-state index is 0.0259. The summed E-state index contributed by atoms with van der Waals surface area (Å²) in [7, 11) is 0. The van der Waals surface area contributed by atoms with Crippen molar-refractivity contribution in [1.82, 2.24) is 14.8 Å². The molecule has 0 saturated carbocycles. The van der Waals surface area contributed by atoms with Crippen LogP contribution in [0.15, 0.2) is 16.9 Å². The van der Waals surface area contributed by atoms with E-state index < -0.39 is 54.1 Å². The number of nitro benzene ring substituents is 3. The fraction of sp³-hybridized carbons (Fsp3) is 0. The molecule has 0 fully saturated rings. The van der Waals surface area contributed by atoms with Crippen molar-refractivity contribution in [2.75, 3.05) is 0 Å². The number of nitro groups is 4. The number of aromatic amines is 1. The van der Waals surface area contributed by atoms with Crippen molar-refractivity contribution in [3.8, 4) is 5.69 Å². The number of nitrogens with one attached hydrogen (secondary N) is 1. The van der Waals surface area contributed by atoms with Gasteiger partial charge in [0.15, 0.2) is 0 Å². The summed E-state index contributed by atoms with van der Waals surface area (Å²) in [5.41, 5.74) is -5.79. The van der Waals surface area contributed by atoms with E-state index in [1.165, 1.54) is 0 Å². The third-order valence-corrected chi connectivity index (χ3v) is 2.65. The Balaban J connectivity index is 2.93. The van der Waals surface area contributed by atoms with Gasteiger partial charge in [-0.2, -0.15) is 4.98 Å². The van der Waals surface area contributed by atoms with Crippen LogP contribution in [-0.2, 0) is 0 Å². The average molecular weight is 341 g/mol. The van der Waals surface area contributed by atoms with Gasteiger partial charge in [-0.25, -0.2) is 4.79 Å². The van der Waals surface area contributed by atoms with Gasteiger partial charge in [-0.15, -0.1) is 0 Å². The van der Waals surface area contributed by atoms with Crippen LogP contribution in [0.5, 0.6) is 0 Å². The Kier molecular flexibility index (Phi) is 3.71. The molecule has 0 aliphatic carbocycles. The second kappa shape index (κ2) is 5.51. The molecule has 124 valence electrons. The summed E-state index contributed by atoms with van der Waals surface area (Å²) < 4.78 is 0.0259. The van der Waals surface area contributed by atoms with Crippen LogP contribution in [0.25, 0.3) is 5.69 Å². The molecule has 2 aromatic rings. The fourth-order valence-corrected chi connectivity index (χ4v) is 1.74. The lowest BCUT2D eigenvalue weighted by Gasteiger charge is -2.01. The molecule has 24 heavy (non-hydrogen) atoms. The van der Waals surface area contributed by atoms with Crippen LogP contribution in [0, 0.1) is 40.5 Å². The lowest BCUT2D eigenvalue weighted by atomic mass is 10.2. The molecule has 0 amide bonds. The first-order valence-electron chi connectivity index (χ1n) is 5.58. The van der Waals surface area contributed by atoms with Crippen LogP contribution in [0.2, 0.25) is 0 Å². The zero-order chi connectivity index (χ0) is 18.2. The lowest BCUT2D eigenvalue weighted by molar-refractivity contribution is -0.403. The molecule has 1 heterocycles. The van der Waals surface area contributed by atoms with Gasteiger partial charge in [0.1, 0.15) is 0 Å². The Morgan fingerprint density at radius 1 is 0.875 bits per heavy atom. The largest absolute Gasteiger partial charge is 0.457 e. The molecule has 1 N–H and O–H groups in total. The molecule has 0 bridgehead atoms. The van der Waals surface area contributed by atoms with Crippen molar-refractivity contribution in [2.24, 2.45) is 0 Å². The maximum atomic E-state index is 11.7. The van der Waals surface area contributed by atoms with E-state index in [9.17, 15) is 45.3 Å². The van der Waals surface area contributed by atoms with E-state index >= 15 is 0 Å². The van der Waals surface area contributed by atoms with Gasteiger partial charge in [0, 0.05) is 5.10 Å². The van der Waals surface area contributed by atoms with Crippen LogP contribution in [-0.4, -0.2) is 34.5 Å². The highest BCUT2D eigenvalue weighted by Gasteiger charge is 2.36. The predicted molar refractivity (Wildman–Crippen MR) is 70.8 cm³/mol. The standard InChI is InChI=1S/C8H3N7O9/c16-8-9-7(15(23)24)10-11(8)6-4(13(19)20)1-3(12(17)18)2-5(6)14(21)22/h1-2H,(H,9,10,16). The number of H-pyrrole nitrogens is 1. The normalized spacial score (nSPS) is 10.3. The number of hydrogen-bond donors (Lipinski definition) is 1. The molecule has 0 unspecified atom stereocenters. The summed E-state index contributed by atoms with van der Waals surface area (Å²) in [6.45, 7) is 0. The van der Waals surface area contributed by atoms with Crippen molar-refractivity contribution in [3.63, 3.8) is 0 Å². The van der Waals surface area contributed by atoms with Crippen LogP contribution < -0.4 is 5.69 Å². The van der Waals surface area contributed by atoms with E-state index in [1.807, 2.05) is 0 Å². The zero-order valence-electron chi connectivity index (χ0n) is 11.0. The third-order valence-electron chi connectivity index (χ3n) is 2.65. The van der Waals surface area contributed by atoms with Gasteiger partial charge < -0.3 is 10.1 Å². The van der Waals surface area contributed by atoms with Crippen LogP contribution >= 0.6 is 0 Å². The predicted octanol–water partition coefficient (Wildman–Crippen LogP) is 0.193. The Morgan fingerprint density at radius 2 is 1.38 bits per heavy atom. The van der Waals surface area contributed by atoms with Gasteiger partial charge in [0.2, 0.25) is 5.69 Å². The van der Waals surface area contributed by atoms with E-state index in [4.69, 9.17) is 0 Å². The van der Waals surface area contributed by atoms with Crippen molar-refractivity contribution < 1.29 is 19.7 Å². The Hall–Kier alpha value is -4.24. The molecule has 16 nitrogen and oxygen atoms in total. The highest BCUT2D eigenvalue weighted by atomic mass is 16.6. The second-order valence-electron chi connectivity index (χ2n) is 4.03. The fourth-order valence-electron chi connectivity index (χ4n) is 1.74. The average Bonchev–Trinajstić information content (AvgIpc) is 2.87. The summed E-state index contributed by atoms with van der Waals surface area (Å²) in [4.78, 5) is 52.1. The van der Waals surface area contributed by atoms with Gasteiger partial charge >= 0.3 is 23.0 Å². The number of rotatable bonds is 5. The summed E-state index contributed by atoms with van der Waals surface area (Å²) >= 11 is 0. The number of non-ortho nitro benzene ring substituents is 1. The number of aromatic nitrogens is 3. The smallest absolute Gasteiger partial charge is 0.390 e. The number of nitrogens with zero attached hydrogens (tertiary/aromatic N) is 6. The molecule has 0 saturated heterocycles. The first-order chi connectivity index (χ1) is 11.1. The highest BCUT2D eigenvalue weighted by molar-refractivity contribution is 5.69. The third kappa shape index (κ3) is 2.61. The van der Waals surface area contributed by atoms with Crippen LogP contribution in [0.4, 0.5) is 23.0 Å². The van der Waals surface area contributed by atoms with Crippen LogP contribution in [0.3, 0.4) is 0 Å². The van der Waals surface area contributed by atoms with Crippen LogP contribution in [0.1, 0.15) is 0 Å². The maximum absolute atomic E-state index is 11.7. The van der Waals surface area contributed by atoms with Gasteiger partial charge in [0.25, 0.3) is 5.69 Å². The molecule has 0 atom stereocenters. The molecule has 0 spiro atoms. The maximum Gasteiger partial charge on any atom is 0.457 e. The van der Waals surface area contributed by atoms with E-state index in [-0.39, 0.29) is 4.68 Å². The van der Waals surface area contributed by atoms with Crippen molar-refractivity contribution >= 4 is 23.0 Å². The molecule has 1 aromatic carbocycles. The second-order valence-corrected chi connectivity index (χ2v) is 4.03. The van der Waals surface area contributed by atoms with E-state index in [0.29, 0.717) is 12.1 Å². The molecular formula is C8H3N7O9. The first kappa shape index (κ1) is 16.1. The summed E-state index contributed by atoms with van der Waals surface area (Å²) in [5, 5.41) is 46.6. The summed E-state index contributed by atoms with van der Waals surface area (Å²) in [6, 6.07) is 0.741. The molecule has 0 aliphatic rings. The van der Waals surface area contributed by atoms with Crippen molar-refractivity contribution in [1.29, 1.82) is 0 Å². The first-order valence-corrected chi connectivity index (χ1v) is 5.58. The monoisotopic (exact) mass is 341 g/mol. The molecule has 2 rings (SSSR count). The Bertz CT molecular complexity index is 922. The SMILES string of the molecule is O=c1[nH]c([N+](=O)[O-])nn1-c1c([N+](=O)[O-])cc([N+](=O)[O-])cc1[N+](=O)[O-]. The molecule has 1 aromatic heterocycles. The number of hydrogen-bond acceptors (Lipinski definition) is 10. The molecule has 16 heteroatoms. The molecule has 0 radical (unpaired) electrons.